The van der Waals surface area contributed by atoms with E-state index in [-0.39, 0.29) is 17.6 Å². The van der Waals surface area contributed by atoms with E-state index in [0.29, 0.717) is 17.7 Å². The third kappa shape index (κ3) is 1.95. The summed E-state index contributed by atoms with van der Waals surface area (Å²) in [5.74, 6) is -0.277. The molecule has 0 unspecified atom stereocenters. The number of aromatic nitrogens is 2. The fourth-order valence-corrected chi connectivity index (χ4v) is 2.23. The molecule has 0 fully saturated rings. The standard InChI is InChI=1S/C16H14N2O2/c1-2-13-15(18-10-4-3-5-14(18)17-13)16(20)11-6-8-12(19)9-7-11/h3-10,20H,2H2,1H3/i6D. The van der Waals surface area contributed by atoms with Gasteiger partial charge >= 0.3 is 0 Å². The molecule has 100 valence electrons. The van der Waals surface area contributed by atoms with Crippen LogP contribution in [0.3, 0.4) is 0 Å². The van der Waals surface area contributed by atoms with Gasteiger partial charge in [-0.25, -0.2) is 4.98 Å². The molecular formula is C16H14N2O2. The highest BCUT2D eigenvalue weighted by atomic mass is 16.3. The number of aliphatic hydroxyl groups excluding tert-OH is 1. The predicted molar refractivity (Wildman–Crippen MR) is 77.4 cm³/mol. The summed E-state index contributed by atoms with van der Waals surface area (Å²) in [7, 11) is 0. The van der Waals surface area contributed by atoms with Crippen molar-refractivity contribution < 1.29 is 11.3 Å². The second-order valence-corrected chi connectivity index (χ2v) is 4.48. The number of carbonyl (C=O) groups excluding carboxylic acids is 1. The summed E-state index contributed by atoms with van der Waals surface area (Å²) in [6.45, 7) is 1.96. The van der Waals surface area contributed by atoms with Crippen LogP contribution in [0.4, 0.5) is 0 Å². The van der Waals surface area contributed by atoms with Gasteiger partial charge in [-0.05, 0) is 42.8 Å². The number of ketones is 1. The zero-order valence-electron chi connectivity index (χ0n) is 12.0. The summed E-state index contributed by atoms with van der Waals surface area (Å²) >= 11 is 0. The third-order valence-corrected chi connectivity index (χ3v) is 3.20. The average molecular weight is 267 g/mol. The first kappa shape index (κ1) is 11.2. The van der Waals surface area contributed by atoms with Crippen LogP contribution in [0.15, 0.2) is 54.2 Å². The summed E-state index contributed by atoms with van der Waals surface area (Å²) < 4.78 is 9.66. The second kappa shape index (κ2) is 4.81. The van der Waals surface area contributed by atoms with Crippen molar-refractivity contribution in [1.82, 2.24) is 9.38 Å². The summed E-state index contributed by atoms with van der Waals surface area (Å²) in [6.07, 6.45) is 6.49. The monoisotopic (exact) mass is 267 g/mol. The number of nitrogens with zero attached hydrogens (tertiary/aromatic N) is 2. The lowest BCUT2D eigenvalue weighted by atomic mass is 10.1. The lowest BCUT2D eigenvalue weighted by Gasteiger charge is -2.07. The van der Waals surface area contributed by atoms with E-state index in [4.69, 9.17) is 1.37 Å². The lowest BCUT2D eigenvalue weighted by molar-refractivity contribution is -0.110. The Bertz CT molecular complexity index is 828. The highest BCUT2D eigenvalue weighted by Gasteiger charge is 2.17. The van der Waals surface area contributed by atoms with Crippen LogP contribution in [0.1, 0.15) is 19.7 Å². The molecular weight excluding hydrogens is 252 g/mol. The van der Waals surface area contributed by atoms with Crippen LogP contribution in [-0.4, -0.2) is 20.3 Å². The van der Waals surface area contributed by atoms with E-state index in [1.165, 1.54) is 18.2 Å². The van der Waals surface area contributed by atoms with E-state index < -0.39 is 0 Å². The van der Waals surface area contributed by atoms with E-state index in [1.54, 1.807) is 4.40 Å². The number of allylic oxidation sites excluding steroid dienone is 5. The molecule has 0 saturated heterocycles. The minimum Gasteiger partial charge on any atom is -0.505 e. The number of imidazole rings is 1. The maximum atomic E-state index is 11.3. The van der Waals surface area contributed by atoms with Gasteiger partial charge in [0.25, 0.3) is 0 Å². The number of aliphatic hydroxyl groups is 1. The van der Waals surface area contributed by atoms with Gasteiger partial charge < -0.3 is 5.11 Å². The number of rotatable bonds is 2. The van der Waals surface area contributed by atoms with E-state index in [1.807, 2.05) is 31.3 Å². The number of hydrogen-bond acceptors (Lipinski definition) is 3. The zero-order chi connectivity index (χ0) is 15.0. The van der Waals surface area contributed by atoms with Gasteiger partial charge in [0, 0.05) is 11.8 Å². The summed E-state index contributed by atoms with van der Waals surface area (Å²) in [6, 6.07) is 5.60. The molecule has 0 atom stereocenters. The zero-order valence-corrected chi connectivity index (χ0v) is 11.0. The molecule has 4 nitrogen and oxygen atoms in total. The number of fused-ring (bicyclic) bond motifs is 1. The highest BCUT2D eigenvalue weighted by molar-refractivity contribution is 6.02. The Morgan fingerprint density at radius 1 is 1.40 bits per heavy atom. The van der Waals surface area contributed by atoms with E-state index in [2.05, 4.69) is 4.98 Å². The summed E-state index contributed by atoms with van der Waals surface area (Å²) in [4.78, 5) is 15.7. The van der Waals surface area contributed by atoms with Crippen LogP contribution in [-0.2, 0) is 11.2 Å². The quantitative estimate of drug-likeness (QED) is 0.851. The van der Waals surface area contributed by atoms with Crippen molar-refractivity contribution in [2.75, 3.05) is 0 Å². The molecule has 0 radical (unpaired) electrons. The number of aryl methyl sites for hydroxylation is 1. The number of hydrogen-bond donors (Lipinski definition) is 1. The van der Waals surface area contributed by atoms with Crippen molar-refractivity contribution in [3.8, 4) is 0 Å². The first-order valence-corrected chi connectivity index (χ1v) is 6.42. The Hall–Kier alpha value is -2.62. The van der Waals surface area contributed by atoms with Crippen LogP contribution >= 0.6 is 0 Å². The lowest BCUT2D eigenvalue weighted by Crippen LogP contribution is -2.00. The van der Waals surface area contributed by atoms with E-state index in [9.17, 15) is 9.90 Å². The maximum absolute atomic E-state index is 11.3. The molecule has 0 aromatic carbocycles. The fourth-order valence-electron chi connectivity index (χ4n) is 2.23. The van der Waals surface area contributed by atoms with Crippen LogP contribution in [0, 0.1) is 0 Å². The van der Waals surface area contributed by atoms with E-state index in [0.717, 1.165) is 11.3 Å². The number of pyridine rings is 1. The van der Waals surface area contributed by atoms with E-state index >= 15 is 0 Å². The van der Waals surface area contributed by atoms with Crippen LogP contribution < -0.4 is 0 Å². The van der Waals surface area contributed by atoms with Crippen molar-refractivity contribution in [3.63, 3.8) is 0 Å². The molecule has 1 aliphatic carbocycles. The molecule has 0 amide bonds. The Balaban J connectivity index is 2.27. The molecule has 3 rings (SSSR count). The van der Waals surface area contributed by atoms with Crippen molar-refractivity contribution in [2.24, 2.45) is 0 Å². The van der Waals surface area contributed by atoms with Crippen molar-refractivity contribution in [3.05, 3.63) is 65.6 Å². The van der Waals surface area contributed by atoms with Crippen molar-refractivity contribution in [2.45, 2.75) is 13.3 Å². The normalized spacial score (nSPS) is 18.1. The van der Waals surface area contributed by atoms with Gasteiger partial charge in [0.1, 0.15) is 17.1 Å². The second-order valence-electron chi connectivity index (χ2n) is 4.48. The van der Waals surface area contributed by atoms with Gasteiger partial charge in [-0.3, -0.25) is 9.20 Å². The summed E-state index contributed by atoms with van der Waals surface area (Å²) in [5, 5.41) is 10.6. The molecule has 0 bridgehead atoms. The highest BCUT2D eigenvalue weighted by Crippen LogP contribution is 2.24. The molecule has 2 heterocycles. The average Bonchev–Trinajstić information content (AvgIpc) is 2.85. The Morgan fingerprint density at radius 2 is 2.25 bits per heavy atom. The van der Waals surface area contributed by atoms with Crippen molar-refractivity contribution in [1.29, 1.82) is 0 Å². The molecule has 20 heavy (non-hydrogen) atoms. The molecule has 2 aromatic rings. The Morgan fingerprint density at radius 3 is 3.00 bits per heavy atom. The molecule has 0 saturated carbocycles. The van der Waals surface area contributed by atoms with Gasteiger partial charge in [0.15, 0.2) is 5.78 Å². The fraction of sp³-hybridized carbons (Fsp3) is 0.125. The molecule has 1 aliphatic rings. The van der Waals surface area contributed by atoms with Gasteiger partial charge in [-0.1, -0.05) is 13.0 Å². The third-order valence-electron chi connectivity index (χ3n) is 3.20. The molecule has 0 aliphatic heterocycles. The molecule has 4 heteroatoms. The maximum Gasteiger partial charge on any atom is 0.178 e. The number of carbonyl (C=O) groups is 1. The van der Waals surface area contributed by atoms with Gasteiger partial charge in [0.05, 0.1) is 7.06 Å². The SMILES string of the molecule is [2H]C1=CC(=O)C=CC1=C(O)c1c(CC)nc2ccccn12. The topological polar surface area (TPSA) is 54.6 Å². The Kier molecular flexibility index (Phi) is 2.70. The largest absolute Gasteiger partial charge is 0.505 e. The minimum absolute atomic E-state index is 0.00735. The van der Waals surface area contributed by atoms with Crippen LogP contribution in [0.5, 0.6) is 0 Å². The predicted octanol–water partition coefficient (Wildman–Crippen LogP) is 2.86. The smallest absolute Gasteiger partial charge is 0.178 e. The molecule has 2 aromatic heterocycles. The van der Waals surface area contributed by atoms with Gasteiger partial charge in [-0.2, -0.15) is 0 Å². The van der Waals surface area contributed by atoms with Gasteiger partial charge in [0.2, 0.25) is 0 Å². The summed E-state index contributed by atoms with van der Waals surface area (Å²) in [5.41, 5.74) is 2.39. The van der Waals surface area contributed by atoms with Crippen LogP contribution in [0.2, 0.25) is 0 Å². The Labute approximate surface area is 117 Å². The molecule has 1 N–H and O–H groups in total. The van der Waals surface area contributed by atoms with Crippen LogP contribution in [0.25, 0.3) is 11.4 Å². The van der Waals surface area contributed by atoms with Gasteiger partial charge in [-0.15, -0.1) is 0 Å². The first-order chi connectivity index (χ1) is 10.1. The minimum atomic E-state index is -0.245. The first-order valence-electron chi connectivity index (χ1n) is 6.92. The van der Waals surface area contributed by atoms with Crippen molar-refractivity contribution >= 4 is 17.2 Å². The molecule has 0 spiro atoms.